The largest absolute Gasteiger partial charge is 0.311 e. The van der Waals surface area contributed by atoms with Crippen molar-refractivity contribution < 1.29 is 0 Å². The van der Waals surface area contributed by atoms with Crippen LogP contribution < -0.4 is 5.32 Å². The quantitative estimate of drug-likeness (QED) is 0.919. The van der Waals surface area contributed by atoms with E-state index >= 15 is 0 Å². The molecule has 1 saturated heterocycles. The summed E-state index contributed by atoms with van der Waals surface area (Å²) >= 11 is 1.80. The highest BCUT2D eigenvalue weighted by Gasteiger charge is 2.30. The number of fused-ring (bicyclic) bond motifs is 1. The SMILES string of the molecule is CC[C@H]1CN(C(C)c2ccc3nc(C)sc3c2)[C@@H](CC)CN1. The molecule has 1 aliphatic rings. The van der Waals surface area contributed by atoms with Gasteiger partial charge in [-0.2, -0.15) is 0 Å². The van der Waals surface area contributed by atoms with E-state index in [1.165, 1.54) is 23.1 Å². The monoisotopic (exact) mass is 317 g/mol. The Balaban J connectivity index is 1.86. The Hall–Kier alpha value is -0.970. The molecule has 3 nitrogen and oxygen atoms in total. The van der Waals surface area contributed by atoms with Crippen molar-refractivity contribution in [3.63, 3.8) is 0 Å². The third-order valence-electron chi connectivity index (χ3n) is 5.01. The fourth-order valence-electron chi connectivity index (χ4n) is 3.52. The number of piperazine rings is 1. The molecule has 0 radical (unpaired) electrons. The van der Waals surface area contributed by atoms with Gasteiger partial charge >= 0.3 is 0 Å². The number of nitrogens with zero attached hydrogens (tertiary/aromatic N) is 2. The maximum atomic E-state index is 4.58. The first-order valence-electron chi connectivity index (χ1n) is 8.48. The van der Waals surface area contributed by atoms with Crippen LogP contribution in [0.4, 0.5) is 0 Å². The van der Waals surface area contributed by atoms with Crippen molar-refractivity contribution >= 4 is 21.6 Å². The summed E-state index contributed by atoms with van der Waals surface area (Å²) in [5, 5.41) is 4.84. The number of hydrogen-bond acceptors (Lipinski definition) is 4. The lowest BCUT2D eigenvalue weighted by molar-refractivity contribution is 0.0851. The molecule has 1 fully saturated rings. The molecular weight excluding hydrogens is 290 g/mol. The van der Waals surface area contributed by atoms with E-state index in [0.29, 0.717) is 18.1 Å². The first kappa shape index (κ1) is 15.9. The van der Waals surface area contributed by atoms with Gasteiger partial charge in [-0.15, -0.1) is 11.3 Å². The zero-order chi connectivity index (χ0) is 15.7. The summed E-state index contributed by atoms with van der Waals surface area (Å²) in [5.74, 6) is 0. The lowest BCUT2D eigenvalue weighted by Crippen LogP contribution is -2.56. The van der Waals surface area contributed by atoms with Crippen LogP contribution in [-0.2, 0) is 0 Å². The lowest BCUT2D eigenvalue weighted by atomic mass is 9.99. The summed E-state index contributed by atoms with van der Waals surface area (Å²) < 4.78 is 1.32. The van der Waals surface area contributed by atoms with Crippen molar-refractivity contribution in [1.82, 2.24) is 15.2 Å². The smallest absolute Gasteiger partial charge is 0.0907 e. The van der Waals surface area contributed by atoms with E-state index in [1.54, 1.807) is 11.3 Å². The Kier molecular flexibility index (Phi) is 4.81. The van der Waals surface area contributed by atoms with E-state index in [1.807, 2.05) is 0 Å². The number of rotatable bonds is 4. The van der Waals surface area contributed by atoms with E-state index in [-0.39, 0.29) is 0 Å². The molecule has 2 heterocycles. The van der Waals surface area contributed by atoms with Crippen LogP contribution in [0.5, 0.6) is 0 Å². The van der Waals surface area contributed by atoms with Crippen LogP contribution in [0.2, 0.25) is 0 Å². The minimum Gasteiger partial charge on any atom is -0.311 e. The van der Waals surface area contributed by atoms with Crippen LogP contribution in [0.25, 0.3) is 10.2 Å². The van der Waals surface area contributed by atoms with Gasteiger partial charge in [0.25, 0.3) is 0 Å². The zero-order valence-corrected chi connectivity index (χ0v) is 14.9. The average Bonchev–Trinajstić information content (AvgIpc) is 2.92. The van der Waals surface area contributed by atoms with Crippen LogP contribution >= 0.6 is 11.3 Å². The van der Waals surface area contributed by atoms with Crippen LogP contribution in [0.1, 0.15) is 50.2 Å². The van der Waals surface area contributed by atoms with Crippen molar-refractivity contribution in [2.75, 3.05) is 13.1 Å². The molecule has 1 N–H and O–H groups in total. The standard InChI is InChI=1S/C18H27N3S/c1-5-15-11-21(16(6-2)10-19-15)12(3)14-7-8-17-18(9-14)22-13(4)20-17/h7-9,12,15-16,19H,5-6,10-11H2,1-4H3/t12?,15-,16-/m0/s1. The van der Waals surface area contributed by atoms with Gasteiger partial charge < -0.3 is 5.32 Å². The van der Waals surface area contributed by atoms with Crippen LogP contribution in [0.15, 0.2) is 18.2 Å². The van der Waals surface area contributed by atoms with Gasteiger partial charge in [0, 0.05) is 31.2 Å². The molecule has 22 heavy (non-hydrogen) atoms. The fourth-order valence-corrected chi connectivity index (χ4v) is 4.40. The van der Waals surface area contributed by atoms with Gasteiger partial charge in [0.2, 0.25) is 0 Å². The maximum absolute atomic E-state index is 4.58. The third kappa shape index (κ3) is 3.05. The van der Waals surface area contributed by atoms with Crippen LogP contribution in [-0.4, -0.2) is 35.1 Å². The number of aryl methyl sites for hydroxylation is 1. The molecule has 3 rings (SSSR count). The highest BCUT2D eigenvalue weighted by molar-refractivity contribution is 7.18. The average molecular weight is 318 g/mol. The second kappa shape index (κ2) is 6.65. The van der Waals surface area contributed by atoms with E-state index in [4.69, 9.17) is 0 Å². The van der Waals surface area contributed by atoms with Gasteiger partial charge in [-0.3, -0.25) is 4.90 Å². The number of nitrogens with one attached hydrogen (secondary N) is 1. The summed E-state index contributed by atoms with van der Waals surface area (Å²) in [5.41, 5.74) is 2.56. The molecule has 0 bridgehead atoms. The molecule has 120 valence electrons. The topological polar surface area (TPSA) is 28.2 Å². The Labute approximate surface area is 137 Å². The van der Waals surface area contributed by atoms with Crippen LogP contribution in [0, 0.1) is 6.92 Å². The van der Waals surface area contributed by atoms with Crippen LogP contribution in [0.3, 0.4) is 0 Å². The summed E-state index contributed by atoms with van der Waals surface area (Å²) in [7, 11) is 0. The summed E-state index contributed by atoms with van der Waals surface area (Å²) in [6, 6.07) is 8.53. The Morgan fingerprint density at radius 3 is 2.91 bits per heavy atom. The molecule has 2 aromatic rings. The molecule has 1 unspecified atom stereocenters. The molecule has 0 aliphatic carbocycles. The Morgan fingerprint density at radius 1 is 1.36 bits per heavy atom. The lowest BCUT2D eigenvalue weighted by Gasteiger charge is -2.43. The molecule has 4 heteroatoms. The Morgan fingerprint density at radius 2 is 2.18 bits per heavy atom. The van der Waals surface area contributed by atoms with Crippen molar-refractivity contribution in [2.24, 2.45) is 0 Å². The van der Waals surface area contributed by atoms with Crippen molar-refractivity contribution in [3.8, 4) is 0 Å². The Bertz CT molecular complexity index is 636. The molecular formula is C18H27N3S. The number of hydrogen-bond donors (Lipinski definition) is 1. The van der Waals surface area contributed by atoms with Gasteiger partial charge in [0.05, 0.1) is 15.2 Å². The minimum atomic E-state index is 0.466. The van der Waals surface area contributed by atoms with Gasteiger partial charge in [-0.25, -0.2) is 4.98 Å². The third-order valence-corrected chi connectivity index (χ3v) is 5.94. The normalized spacial score (nSPS) is 24.7. The van der Waals surface area contributed by atoms with Gasteiger partial charge in [-0.05, 0) is 44.4 Å². The van der Waals surface area contributed by atoms with E-state index in [9.17, 15) is 0 Å². The first-order valence-corrected chi connectivity index (χ1v) is 9.30. The second-order valence-electron chi connectivity index (χ2n) is 6.41. The zero-order valence-electron chi connectivity index (χ0n) is 14.1. The predicted octanol–water partition coefficient (Wildman–Crippen LogP) is 4.13. The summed E-state index contributed by atoms with van der Waals surface area (Å²) in [6.45, 7) is 11.3. The van der Waals surface area contributed by atoms with Gasteiger partial charge in [0.1, 0.15) is 0 Å². The van der Waals surface area contributed by atoms with Gasteiger partial charge in [0.15, 0.2) is 0 Å². The molecule has 3 atom stereocenters. The van der Waals surface area contributed by atoms with Crippen molar-refractivity contribution in [2.45, 2.75) is 58.7 Å². The molecule has 0 spiro atoms. The van der Waals surface area contributed by atoms with Gasteiger partial charge in [-0.1, -0.05) is 19.9 Å². The van der Waals surface area contributed by atoms with E-state index in [0.717, 1.165) is 23.6 Å². The number of benzene rings is 1. The first-order chi connectivity index (χ1) is 10.6. The highest BCUT2D eigenvalue weighted by Crippen LogP contribution is 2.30. The number of thiazole rings is 1. The molecule has 0 amide bonds. The molecule has 1 aromatic heterocycles. The highest BCUT2D eigenvalue weighted by atomic mass is 32.1. The minimum absolute atomic E-state index is 0.466. The molecule has 1 aromatic carbocycles. The predicted molar refractivity (Wildman–Crippen MR) is 95.6 cm³/mol. The summed E-state index contributed by atoms with van der Waals surface area (Å²) in [6.07, 6.45) is 2.41. The molecule has 1 aliphatic heterocycles. The number of aromatic nitrogens is 1. The van der Waals surface area contributed by atoms with Crippen molar-refractivity contribution in [1.29, 1.82) is 0 Å². The summed E-state index contributed by atoms with van der Waals surface area (Å²) in [4.78, 5) is 7.27. The van der Waals surface area contributed by atoms with Crippen molar-refractivity contribution in [3.05, 3.63) is 28.8 Å². The molecule has 0 saturated carbocycles. The van der Waals surface area contributed by atoms with E-state index in [2.05, 4.69) is 61.1 Å². The fraction of sp³-hybridized carbons (Fsp3) is 0.611. The van der Waals surface area contributed by atoms with E-state index < -0.39 is 0 Å². The second-order valence-corrected chi connectivity index (χ2v) is 7.64. The maximum Gasteiger partial charge on any atom is 0.0907 e.